The van der Waals surface area contributed by atoms with Gasteiger partial charge in [0.2, 0.25) is 5.69 Å². The number of nitrogens with zero attached hydrogens (tertiary/aromatic N) is 2. The molecular weight excluding hydrogens is 600 g/mol. The van der Waals surface area contributed by atoms with Gasteiger partial charge in [-0.3, -0.25) is 4.55 Å². The third-order valence-electron chi connectivity index (χ3n) is 9.31. The van der Waals surface area contributed by atoms with Gasteiger partial charge in [0.1, 0.15) is 7.05 Å². The van der Waals surface area contributed by atoms with Gasteiger partial charge in [-0.25, -0.2) is 0 Å². The Balaban J connectivity index is 0.000000309. The fourth-order valence-electron chi connectivity index (χ4n) is 6.68. The second-order valence-electron chi connectivity index (χ2n) is 13.0. The third-order valence-corrected chi connectivity index (χ3v) is 10.7. The summed E-state index contributed by atoms with van der Waals surface area (Å²) in [7, 11) is 0.300. The lowest BCUT2D eigenvalue weighted by molar-refractivity contribution is -0.401. The zero-order valence-electron chi connectivity index (χ0n) is 27.1. The normalized spacial score (nSPS) is 20.2. The summed E-state index contributed by atoms with van der Waals surface area (Å²) in [5.74, 6) is 0. The molecule has 7 heteroatoms. The molecule has 3 aromatic rings. The van der Waals surface area contributed by atoms with Crippen molar-refractivity contribution in [1.82, 2.24) is 0 Å². The molecule has 0 bridgehead atoms. The molecule has 3 aliphatic rings. The minimum Gasteiger partial charge on any atom is -0.347 e. The van der Waals surface area contributed by atoms with Crippen LogP contribution in [0.1, 0.15) is 57.2 Å². The molecule has 5 nitrogen and oxygen atoms in total. The van der Waals surface area contributed by atoms with Crippen molar-refractivity contribution >= 4 is 38.8 Å². The Kier molecular flexibility index (Phi) is 8.89. The molecule has 0 unspecified atom stereocenters. The molecule has 6 rings (SSSR count). The van der Waals surface area contributed by atoms with Crippen LogP contribution in [-0.2, 0) is 20.9 Å². The summed E-state index contributed by atoms with van der Waals surface area (Å²) in [5, 5.41) is 0.903. The Morgan fingerprint density at radius 3 is 2.09 bits per heavy atom. The highest BCUT2D eigenvalue weighted by Gasteiger charge is 2.42. The van der Waals surface area contributed by atoms with E-state index < -0.39 is 10.1 Å². The number of anilines is 1. The van der Waals surface area contributed by atoms with E-state index in [2.05, 4.69) is 124 Å². The number of halogens is 1. The van der Waals surface area contributed by atoms with Crippen LogP contribution in [0.15, 0.2) is 124 Å². The molecule has 0 saturated carbocycles. The van der Waals surface area contributed by atoms with Crippen molar-refractivity contribution in [2.24, 2.45) is 0 Å². The highest BCUT2D eigenvalue weighted by atomic mass is 35.5. The Morgan fingerprint density at radius 2 is 1.47 bits per heavy atom. The van der Waals surface area contributed by atoms with Gasteiger partial charge in [0, 0.05) is 46.6 Å². The first-order chi connectivity index (χ1) is 21.1. The molecule has 0 amide bonds. The fraction of sp³-hybridized carbons (Fsp3) is 0.289. The highest BCUT2D eigenvalue weighted by Crippen LogP contribution is 2.47. The zero-order chi connectivity index (χ0) is 32.7. The van der Waals surface area contributed by atoms with E-state index in [-0.39, 0.29) is 15.7 Å². The number of allylic oxidation sites excluding steroid dienone is 8. The molecule has 0 radical (unpaired) electrons. The van der Waals surface area contributed by atoms with Crippen LogP contribution in [0.2, 0.25) is 0 Å². The second kappa shape index (κ2) is 12.2. The number of likely N-dealkylation sites (N-methyl/N-ethyl adjacent to an activating group) is 1. The molecule has 0 spiro atoms. The molecule has 0 saturated heterocycles. The van der Waals surface area contributed by atoms with Crippen molar-refractivity contribution in [2.75, 3.05) is 19.0 Å². The van der Waals surface area contributed by atoms with Crippen molar-refractivity contribution < 1.29 is 17.5 Å². The predicted octanol–water partition coefficient (Wildman–Crippen LogP) is 9.02. The first-order valence-electron chi connectivity index (χ1n) is 15.2. The molecule has 3 aromatic carbocycles. The van der Waals surface area contributed by atoms with Crippen LogP contribution in [0.5, 0.6) is 0 Å². The van der Waals surface area contributed by atoms with E-state index in [1.54, 1.807) is 12.1 Å². The van der Waals surface area contributed by atoms with Gasteiger partial charge in [0.05, 0.1) is 10.3 Å². The number of hydrogen-bond donors (Lipinski definition) is 1. The molecule has 0 fully saturated rings. The van der Waals surface area contributed by atoms with Crippen LogP contribution in [0.3, 0.4) is 0 Å². The van der Waals surface area contributed by atoms with E-state index in [1.807, 2.05) is 6.92 Å². The molecular formula is C38H42ClN2O3S+. The number of hydrogen-bond acceptors (Lipinski definition) is 3. The molecule has 45 heavy (non-hydrogen) atoms. The van der Waals surface area contributed by atoms with Gasteiger partial charge >= 0.3 is 0 Å². The SMILES string of the molecule is CN1C(=CC=C2CCC(C=CC3=[N+](C)c4ccccc4C3(C)C)=C2Cl)C(C)(C)c2ccccc21.Cc1ccc(S(=O)(=O)O)cc1. The summed E-state index contributed by atoms with van der Waals surface area (Å²) in [6, 6.07) is 23.4. The maximum absolute atomic E-state index is 10.5. The zero-order valence-corrected chi connectivity index (χ0v) is 28.7. The van der Waals surface area contributed by atoms with Crippen molar-refractivity contribution in [3.05, 3.63) is 136 Å². The smallest absolute Gasteiger partial charge is 0.294 e. The van der Waals surface area contributed by atoms with Crippen LogP contribution in [0.4, 0.5) is 11.4 Å². The summed E-state index contributed by atoms with van der Waals surface area (Å²) >= 11 is 6.90. The van der Waals surface area contributed by atoms with Crippen molar-refractivity contribution in [3.8, 4) is 0 Å². The topological polar surface area (TPSA) is 60.6 Å². The Morgan fingerprint density at radius 1 is 0.844 bits per heavy atom. The first kappa shape index (κ1) is 32.7. The largest absolute Gasteiger partial charge is 0.347 e. The monoisotopic (exact) mass is 641 g/mol. The number of aryl methyl sites for hydroxylation is 1. The van der Waals surface area contributed by atoms with Crippen molar-refractivity contribution in [1.29, 1.82) is 0 Å². The highest BCUT2D eigenvalue weighted by molar-refractivity contribution is 7.85. The summed E-state index contributed by atoms with van der Waals surface area (Å²) in [5.41, 5.74) is 11.3. The van der Waals surface area contributed by atoms with E-state index in [9.17, 15) is 8.42 Å². The maximum Gasteiger partial charge on any atom is 0.294 e. The van der Waals surface area contributed by atoms with Gasteiger partial charge in [-0.05, 0) is 74.6 Å². The molecule has 1 aliphatic carbocycles. The molecule has 1 N–H and O–H groups in total. The molecule has 2 aliphatic heterocycles. The standard InChI is InChI=1S/C31H34ClN2.C7H8O3S/c1-30(2)23-11-7-9-13-25(23)33(5)27(30)19-17-21-15-16-22(29(21)32)18-20-28-31(3,4)24-12-8-10-14-26(24)34(28)6;1-6-2-4-7(5-3-6)11(8,9)10/h7-14,17-20H,15-16H2,1-6H3;2-5H,1H3,(H,8,9,10)/q+1;. The van der Waals surface area contributed by atoms with E-state index in [1.165, 1.54) is 57.2 Å². The molecule has 234 valence electrons. The summed E-state index contributed by atoms with van der Waals surface area (Å²) in [6.45, 7) is 11.0. The Labute approximate surface area is 273 Å². The van der Waals surface area contributed by atoms with Crippen molar-refractivity contribution in [2.45, 2.75) is 63.2 Å². The predicted molar refractivity (Wildman–Crippen MR) is 187 cm³/mol. The lowest BCUT2D eigenvalue weighted by Gasteiger charge is -2.23. The van der Waals surface area contributed by atoms with E-state index in [0.717, 1.165) is 23.4 Å². The number of rotatable bonds is 4. The van der Waals surface area contributed by atoms with Gasteiger partial charge in [-0.2, -0.15) is 13.0 Å². The van der Waals surface area contributed by atoms with Crippen LogP contribution in [-0.4, -0.2) is 37.4 Å². The first-order valence-corrected chi connectivity index (χ1v) is 17.0. The fourth-order valence-corrected chi connectivity index (χ4v) is 7.48. The number of fused-ring (bicyclic) bond motifs is 2. The van der Waals surface area contributed by atoms with Crippen LogP contribution < -0.4 is 4.90 Å². The molecule has 0 atom stereocenters. The summed E-state index contributed by atoms with van der Waals surface area (Å²) in [6.07, 6.45) is 11.0. The van der Waals surface area contributed by atoms with Gasteiger partial charge < -0.3 is 4.90 Å². The average molecular weight is 642 g/mol. The lowest BCUT2D eigenvalue weighted by Crippen LogP contribution is -2.26. The van der Waals surface area contributed by atoms with Crippen molar-refractivity contribution in [3.63, 3.8) is 0 Å². The van der Waals surface area contributed by atoms with Gasteiger partial charge in [0.15, 0.2) is 5.71 Å². The number of benzene rings is 3. The maximum atomic E-state index is 10.5. The Bertz CT molecular complexity index is 1910. The second-order valence-corrected chi connectivity index (χ2v) is 14.8. The average Bonchev–Trinajstić information content (AvgIpc) is 3.51. The van der Waals surface area contributed by atoms with Crippen LogP contribution in [0, 0.1) is 6.92 Å². The third kappa shape index (κ3) is 6.24. The lowest BCUT2D eigenvalue weighted by atomic mass is 9.81. The van der Waals surface area contributed by atoms with E-state index >= 15 is 0 Å². The Hall–Kier alpha value is -3.71. The summed E-state index contributed by atoms with van der Waals surface area (Å²) < 4.78 is 31.9. The summed E-state index contributed by atoms with van der Waals surface area (Å²) in [4.78, 5) is 2.25. The van der Waals surface area contributed by atoms with E-state index in [4.69, 9.17) is 16.2 Å². The van der Waals surface area contributed by atoms with E-state index in [0.29, 0.717) is 0 Å². The number of para-hydroxylation sites is 2. The van der Waals surface area contributed by atoms with Gasteiger partial charge in [0.25, 0.3) is 10.1 Å². The van der Waals surface area contributed by atoms with Crippen LogP contribution >= 0.6 is 11.6 Å². The molecule has 2 heterocycles. The molecule has 0 aromatic heterocycles. The minimum atomic E-state index is -4.02. The minimum absolute atomic E-state index is 0.0236. The van der Waals surface area contributed by atoms with Crippen LogP contribution in [0.25, 0.3) is 0 Å². The van der Waals surface area contributed by atoms with Gasteiger partial charge in [-0.15, -0.1) is 0 Å². The van der Waals surface area contributed by atoms with Gasteiger partial charge in [-0.1, -0.05) is 91.7 Å². The quantitative estimate of drug-likeness (QED) is 0.228.